The molecule has 2 aromatic carbocycles. The van der Waals surface area contributed by atoms with E-state index in [0.717, 1.165) is 0 Å². The van der Waals surface area contributed by atoms with Crippen LogP contribution >= 0.6 is 11.6 Å². The van der Waals surface area contributed by atoms with E-state index in [1.54, 1.807) is 42.5 Å². The zero-order chi connectivity index (χ0) is 11.4. The minimum Gasteiger partial charge on any atom is -0.489 e. The smallest absolute Gasteiger partial charge is 0.129 e. The van der Waals surface area contributed by atoms with E-state index in [1.807, 2.05) is 0 Å². The van der Waals surface area contributed by atoms with E-state index < -0.39 is 0 Å². The van der Waals surface area contributed by atoms with Crippen molar-refractivity contribution in [2.24, 2.45) is 0 Å². The van der Waals surface area contributed by atoms with Crippen molar-refractivity contribution in [3.63, 3.8) is 0 Å². The third-order valence-corrected chi connectivity index (χ3v) is 2.42. The SMILES string of the molecule is Fc1ccccc1COc1ccc(Cl)cc1. The van der Waals surface area contributed by atoms with Crippen LogP contribution in [-0.2, 0) is 6.61 Å². The summed E-state index contributed by atoms with van der Waals surface area (Å²) in [6.07, 6.45) is 0. The summed E-state index contributed by atoms with van der Waals surface area (Å²) in [5.41, 5.74) is 0.539. The molecule has 0 atom stereocenters. The molecule has 82 valence electrons. The zero-order valence-electron chi connectivity index (χ0n) is 8.49. The standard InChI is InChI=1S/C13H10ClFO/c14-11-5-7-12(8-6-11)16-9-10-3-1-2-4-13(10)15/h1-8H,9H2. The van der Waals surface area contributed by atoms with Crippen LogP contribution in [0.2, 0.25) is 5.02 Å². The van der Waals surface area contributed by atoms with Crippen LogP contribution in [0.4, 0.5) is 4.39 Å². The third-order valence-electron chi connectivity index (χ3n) is 2.17. The molecule has 0 unspecified atom stereocenters. The second-order valence-electron chi connectivity index (χ2n) is 3.33. The van der Waals surface area contributed by atoms with Crippen LogP contribution in [0.3, 0.4) is 0 Å². The Hall–Kier alpha value is -1.54. The summed E-state index contributed by atoms with van der Waals surface area (Å²) >= 11 is 5.74. The van der Waals surface area contributed by atoms with Gasteiger partial charge in [0.2, 0.25) is 0 Å². The van der Waals surface area contributed by atoms with Gasteiger partial charge in [-0.25, -0.2) is 4.39 Å². The normalized spacial score (nSPS) is 10.1. The monoisotopic (exact) mass is 236 g/mol. The molecule has 2 rings (SSSR count). The molecule has 16 heavy (non-hydrogen) atoms. The van der Waals surface area contributed by atoms with Crippen LogP contribution in [0, 0.1) is 5.82 Å². The molecule has 0 spiro atoms. The van der Waals surface area contributed by atoms with E-state index in [2.05, 4.69) is 0 Å². The quantitative estimate of drug-likeness (QED) is 0.781. The lowest BCUT2D eigenvalue weighted by molar-refractivity contribution is 0.300. The molecule has 0 saturated carbocycles. The lowest BCUT2D eigenvalue weighted by Crippen LogP contribution is -1.97. The van der Waals surface area contributed by atoms with Crippen molar-refractivity contribution in [3.8, 4) is 5.75 Å². The lowest BCUT2D eigenvalue weighted by Gasteiger charge is -2.06. The average Bonchev–Trinajstić information content (AvgIpc) is 2.30. The Labute approximate surface area is 98.4 Å². The Balaban J connectivity index is 2.02. The van der Waals surface area contributed by atoms with Crippen molar-refractivity contribution in [2.45, 2.75) is 6.61 Å². The Morgan fingerprint density at radius 3 is 2.38 bits per heavy atom. The molecule has 0 radical (unpaired) electrons. The molecule has 0 fully saturated rings. The van der Waals surface area contributed by atoms with Gasteiger partial charge in [0.05, 0.1) is 0 Å². The summed E-state index contributed by atoms with van der Waals surface area (Å²) in [7, 11) is 0. The van der Waals surface area contributed by atoms with Gasteiger partial charge < -0.3 is 4.74 Å². The average molecular weight is 237 g/mol. The summed E-state index contributed by atoms with van der Waals surface area (Å²) in [6.45, 7) is 0.217. The Morgan fingerprint density at radius 2 is 1.69 bits per heavy atom. The largest absolute Gasteiger partial charge is 0.489 e. The highest BCUT2D eigenvalue weighted by atomic mass is 35.5. The van der Waals surface area contributed by atoms with Crippen molar-refractivity contribution < 1.29 is 9.13 Å². The number of halogens is 2. The molecule has 2 aromatic rings. The number of benzene rings is 2. The lowest BCUT2D eigenvalue weighted by atomic mass is 10.2. The van der Waals surface area contributed by atoms with Crippen LogP contribution in [0.25, 0.3) is 0 Å². The van der Waals surface area contributed by atoms with Gasteiger partial charge in [0.25, 0.3) is 0 Å². The number of ether oxygens (including phenoxy) is 1. The van der Waals surface area contributed by atoms with Crippen LogP contribution in [0.5, 0.6) is 5.75 Å². The number of hydrogen-bond donors (Lipinski definition) is 0. The van der Waals surface area contributed by atoms with E-state index >= 15 is 0 Å². The maximum Gasteiger partial charge on any atom is 0.129 e. The van der Waals surface area contributed by atoms with E-state index in [9.17, 15) is 4.39 Å². The van der Waals surface area contributed by atoms with E-state index in [-0.39, 0.29) is 12.4 Å². The van der Waals surface area contributed by atoms with Crippen molar-refractivity contribution in [1.82, 2.24) is 0 Å². The molecule has 0 aliphatic carbocycles. The van der Waals surface area contributed by atoms with Gasteiger partial charge in [0, 0.05) is 10.6 Å². The first-order valence-electron chi connectivity index (χ1n) is 4.87. The molecule has 0 bridgehead atoms. The Morgan fingerprint density at radius 1 is 1.00 bits per heavy atom. The van der Waals surface area contributed by atoms with Gasteiger partial charge in [-0.3, -0.25) is 0 Å². The molecule has 1 nitrogen and oxygen atoms in total. The van der Waals surface area contributed by atoms with Gasteiger partial charge in [-0.15, -0.1) is 0 Å². The molecule has 3 heteroatoms. The summed E-state index contributed by atoms with van der Waals surface area (Å²) < 4.78 is 18.7. The van der Waals surface area contributed by atoms with Crippen molar-refractivity contribution in [1.29, 1.82) is 0 Å². The first-order valence-corrected chi connectivity index (χ1v) is 5.25. The van der Waals surface area contributed by atoms with Gasteiger partial charge in [0.15, 0.2) is 0 Å². The number of rotatable bonds is 3. The van der Waals surface area contributed by atoms with Gasteiger partial charge in [-0.1, -0.05) is 29.8 Å². The minimum absolute atomic E-state index is 0.217. The molecule has 0 aliphatic heterocycles. The van der Waals surface area contributed by atoms with Crippen LogP contribution in [-0.4, -0.2) is 0 Å². The topological polar surface area (TPSA) is 9.23 Å². The fourth-order valence-corrected chi connectivity index (χ4v) is 1.43. The summed E-state index contributed by atoms with van der Waals surface area (Å²) in [5, 5.41) is 0.651. The molecule has 0 aromatic heterocycles. The first kappa shape index (κ1) is 11.0. The van der Waals surface area contributed by atoms with Crippen molar-refractivity contribution in [2.75, 3.05) is 0 Å². The van der Waals surface area contributed by atoms with Crippen LogP contribution < -0.4 is 4.74 Å². The van der Waals surface area contributed by atoms with Crippen LogP contribution in [0.15, 0.2) is 48.5 Å². The first-order chi connectivity index (χ1) is 7.75. The van der Waals surface area contributed by atoms with E-state index in [4.69, 9.17) is 16.3 Å². The maximum atomic E-state index is 13.3. The third kappa shape index (κ3) is 2.74. The Bertz CT molecular complexity index is 468. The fourth-order valence-electron chi connectivity index (χ4n) is 1.31. The van der Waals surface area contributed by atoms with E-state index in [1.165, 1.54) is 6.07 Å². The highest BCUT2D eigenvalue weighted by Gasteiger charge is 2.01. The molecule has 0 saturated heterocycles. The summed E-state index contributed by atoms with van der Waals surface area (Å²) in [6, 6.07) is 13.5. The fraction of sp³-hybridized carbons (Fsp3) is 0.0769. The zero-order valence-corrected chi connectivity index (χ0v) is 9.25. The molecule has 0 N–H and O–H groups in total. The molecule has 0 heterocycles. The summed E-state index contributed by atoms with van der Waals surface area (Å²) in [4.78, 5) is 0. The van der Waals surface area contributed by atoms with Crippen molar-refractivity contribution in [3.05, 3.63) is 64.9 Å². The van der Waals surface area contributed by atoms with Gasteiger partial charge in [0.1, 0.15) is 18.2 Å². The van der Waals surface area contributed by atoms with Gasteiger partial charge in [-0.2, -0.15) is 0 Å². The Kier molecular flexibility index (Phi) is 3.42. The minimum atomic E-state index is -0.253. The van der Waals surface area contributed by atoms with Gasteiger partial charge >= 0.3 is 0 Å². The number of hydrogen-bond acceptors (Lipinski definition) is 1. The molecule has 0 amide bonds. The highest BCUT2D eigenvalue weighted by Crippen LogP contribution is 2.17. The highest BCUT2D eigenvalue weighted by molar-refractivity contribution is 6.30. The molecular weight excluding hydrogens is 227 g/mol. The molecule has 0 aliphatic rings. The van der Waals surface area contributed by atoms with E-state index in [0.29, 0.717) is 16.3 Å². The predicted molar refractivity (Wildman–Crippen MR) is 62.2 cm³/mol. The second kappa shape index (κ2) is 4.99. The molecular formula is C13H10ClFO. The second-order valence-corrected chi connectivity index (χ2v) is 3.77. The predicted octanol–water partition coefficient (Wildman–Crippen LogP) is 4.06. The van der Waals surface area contributed by atoms with Crippen molar-refractivity contribution >= 4 is 11.6 Å². The maximum absolute atomic E-state index is 13.3. The summed E-state index contributed by atoms with van der Waals surface area (Å²) in [5.74, 6) is 0.420. The van der Waals surface area contributed by atoms with Gasteiger partial charge in [-0.05, 0) is 30.3 Å². The van der Waals surface area contributed by atoms with Crippen LogP contribution in [0.1, 0.15) is 5.56 Å².